The second-order valence-electron chi connectivity index (χ2n) is 4.37. The molecule has 8 nitrogen and oxygen atoms in total. The van der Waals surface area contributed by atoms with Crippen molar-refractivity contribution >= 4 is 23.2 Å². The molecule has 21 heavy (non-hydrogen) atoms. The summed E-state index contributed by atoms with van der Waals surface area (Å²) in [5, 5.41) is 7.26. The molecule has 9 heteroatoms. The topological polar surface area (TPSA) is 111 Å². The molecule has 3 rings (SSSR count). The molecule has 0 saturated heterocycles. The number of fused-ring (bicyclic) bond motifs is 1. The predicted octanol–water partition coefficient (Wildman–Crippen LogP) is 0.658. The summed E-state index contributed by atoms with van der Waals surface area (Å²) in [4.78, 5) is 27.7. The highest BCUT2D eigenvalue weighted by Crippen LogP contribution is 2.24. The van der Waals surface area contributed by atoms with E-state index in [-0.39, 0.29) is 16.8 Å². The Labute approximate surface area is 123 Å². The number of H-pyrrole nitrogens is 1. The highest BCUT2D eigenvalue weighted by molar-refractivity contribution is 6.32. The maximum Gasteiger partial charge on any atom is 0.273 e. The molecular weight excluding hydrogens is 296 g/mol. The number of rotatable bonds is 3. The highest BCUT2D eigenvalue weighted by Gasteiger charge is 2.17. The molecule has 0 saturated carbocycles. The Hall–Kier alpha value is -2.61. The molecule has 0 atom stereocenters. The fraction of sp³-hybridized carbons (Fsp3) is 0.167. The molecule has 0 aliphatic rings. The lowest BCUT2D eigenvalue weighted by molar-refractivity contribution is 0.100. The number of aromatic nitrogens is 5. The largest absolute Gasteiger partial charge is 0.365 e. The number of nitrogens with zero attached hydrogens (tertiary/aromatic N) is 4. The molecule has 1 amide bonds. The van der Waals surface area contributed by atoms with Crippen molar-refractivity contribution in [2.24, 2.45) is 5.73 Å². The molecule has 3 aromatic rings. The molecule has 0 aliphatic carbocycles. The van der Waals surface area contributed by atoms with Crippen molar-refractivity contribution in [2.75, 3.05) is 0 Å². The van der Waals surface area contributed by atoms with Crippen LogP contribution in [0.5, 0.6) is 0 Å². The van der Waals surface area contributed by atoms with Gasteiger partial charge in [0.1, 0.15) is 17.0 Å². The molecule has 0 unspecified atom stereocenters. The molecule has 108 valence electrons. The van der Waals surface area contributed by atoms with Crippen molar-refractivity contribution in [3.8, 4) is 11.4 Å². The van der Waals surface area contributed by atoms with Gasteiger partial charge in [-0.25, -0.2) is 9.50 Å². The van der Waals surface area contributed by atoms with Gasteiger partial charge in [0.05, 0.1) is 5.02 Å². The molecule has 0 fully saturated rings. The van der Waals surface area contributed by atoms with Gasteiger partial charge in [0, 0.05) is 25.0 Å². The second-order valence-corrected chi connectivity index (χ2v) is 4.78. The van der Waals surface area contributed by atoms with Crippen LogP contribution in [0, 0.1) is 0 Å². The van der Waals surface area contributed by atoms with Gasteiger partial charge < -0.3 is 5.73 Å². The minimum absolute atomic E-state index is 0.125. The van der Waals surface area contributed by atoms with Crippen LogP contribution >= 0.6 is 11.6 Å². The number of carbonyl (C=O) groups excluding carboxylic acids is 1. The molecule has 3 heterocycles. The Balaban J connectivity index is 2.28. The van der Waals surface area contributed by atoms with Gasteiger partial charge in [-0.3, -0.25) is 19.4 Å². The minimum atomic E-state index is -0.678. The van der Waals surface area contributed by atoms with Crippen LogP contribution in [0.25, 0.3) is 17.0 Å². The number of amides is 1. The number of nitrogens with one attached hydrogen (secondary N) is 1. The van der Waals surface area contributed by atoms with Crippen LogP contribution in [0.1, 0.15) is 17.3 Å². The highest BCUT2D eigenvalue weighted by atomic mass is 35.5. The molecule has 0 aromatic carbocycles. The van der Waals surface area contributed by atoms with Crippen molar-refractivity contribution < 1.29 is 4.79 Å². The van der Waals surface area contributed by atoms with E-state index in [1.54, 1.807) is 10.9 Å². The van der Waals surface area contributed by atoms with Crippen molar-refractivity contribution in [1.82, 2.24) is 24.4 Å². The van der Waals surface area contributed by atoms with E-state index >= 15 is 0 Å². The van der Waals surface area contributed by atoms with Gasteiger partial charge in [0.25, 0.3) is 11.5 Å². The van der Waals surface area contributed by atoms with E-state index in [2.05, 4.69) is 15.2 Å². The summed E-state index contributed by atoms with van der Waals surface area (Å²) in [6, 6.07) is 1.29. The van der Waals surface area contributed by atoms with Gasteiger partial charge in [0.2, 0.25) is 0 Å². The first-order valence-electron chi connectivity index (χ1n) is 6.15. The summed E-state index contributed by atoms with van der Waals surface area (Å²) in [5.41, 5.74) is 5.82. The van der Waals surface area contributed by atoms with Crippen LogP contribution in [0.15, 0.2) is 23.3 Å². The smallest absolute Gasteiger partial charge is 0.273 e. The van der Waals surface area contributed by atoms with Crippen molar-refractivity contribution in [1.29, 1.82) is 0 Å². The van der Waals surface area contributed by atoms with Gasteiger partial charge in [-0.2, -0.15) is 5.10 Å². The third kappa shape index (κ3) is 2.09. The second kappa shape index (κ2) is 4.74. The quantitative estimate of drug-likeness (QED) is 0.740. The number of hydrogen-bond acceptors (Lipinski definition) is 4. The lowest BCUT2D eigenvalue weighted by Crippen LogP contribution is -2.16. The molecule has 3 N–H and O–H groups in total. The van der Waals surface area contributed by atoms with Crippen LogP contribution < -0.4 is 11.3 Å². The van der Waals surface area contributed by atoms with Gasteiger partial charge in [-0.05, 0) is 6.92 Å². The zero-order chi connectivity index (χ0) is 15.1. The number of hydrogen-bond donors (Lipinski definition) is 2. The van der Waals surface area contributed by atoms with E-state index in [9.17, 15) is 9.59 Å². The minimum Gasteiger partial charge on any atom is -0.365 e. The molecular formula is C12H11ClN6O2. The zero-order valence-corrected chi connectivity index (χ0v) is 11.8. The molecule has 0 radical (unpaired) electrons. The first-order chi connectivity index (χ1) is 10.0. The monoisotopic (exact) mass is 306 g/mol. The molecule has 0 spiro atoms. The van der Waals surface area contributed by atoms with E-state index in [0.29, 0.717) is 23.0 Å². The third-order valence-electron chi connectivity index (χ3n) is 3.05. The Morgan fingerprint density at radius 1 is 1.52 bits per heavy atom. The standard InChI is InChI=1S/C12H11ClN6O2/c1-2-18-5-7(13)10(17-18)8-3-9(20)19-12(16-8)6(4-15-19)11(14)21/h3-5,15H,2H2,1H3,(H2,14,21). The molecule has 3 aromatic heterocycles. The summed E-state index contributed by atoms with van der Waals surface area (Å²) >= 11 is 6.11. The van der Waals surface area contributed by atoms with Gasteiger partial charge >= 0.3 is 0 Å². The van der Waals surface area contributed by atoms with E-state index in [1.165, 1.54) is 12.3 Å². The summed E-state index contributed by atoms with van der Waals surface area (Å²) in [5.74, 6) is -0.678. The SMILES string of the molecule is CCn1cc(Cl)c(-c2cc(=O)n3[nH]cc(C(N)=O)c3n2)n1. The van der Waals surface area contributed by atoms with Gasteiger partial charge in [0.15, 0.2) is 5.65 Å². The van der Waals surface area contributed by atoms with E-state index in [4.69, 9.17) is 17.3 Å². The third-order valence-corrected chi connectivity index (χ3v) is 3.32. The lowest BCUT2D eigenvalue weighted by Gasteiger charge is -1.99. The van der Waals surface area contributed by atoms with E-state index in [1.807, 2.05) is 6.92 Å². The number of nitrogens with two attached hydrogens (primary N) is 1. The van der Waals surface area contributed by atoms with E-state index < -0.39 is 5.91 Å². The first kappa shape index (κ1) is 13.4. The van der Waals surface area contributed by atoms with Crippen LogP contribution in [-0.4, -0.2) is 30.3 Å². The Morgan fingerprint density at radius 3 is 2.90 bits per heavy atom. The number of halogens is 1. The number of carbonyl (C=O) groups is 1. The van der Waals surface area contributed by atoms with Crippen LogP contribution in [-0.2, 0) is 6.54 Å². The van der Waals surface area contributed by atoms with Crippen molar-refractivity contribution in [2.45, 2.75) is 13.5 Å². The van der Waals surface area contributed by atoms with Crippen molar-refractivity contribution in [3.05, 3.63) is 39.4 Å². The Kier molecular flexibility index (Phi) is 3.02. The molecule has 0 aliphatic heterocycles. The summed E-state index contributed by atoms with van der Waals surface area (Å²) in [6.07, 6.45) is 2.98. The van der Waals surface area contributed by atoms with Crippen LogP contribution in [0.2, 0.25) is 5.02 Å². The number of primary amides is 1. The average molecular weight is 307 g/mol. The Bertz CT molecular complexity index is 906. The van der Waals surface area contributed by atoms with Gasteiger partial charge in [-0.15, -0.1) is 0 Å². The Morgan fingerprint density at radius 2 is 2.29 bits per heavy atom. The van der Waals surface area contributed by atoms with E-state index in [0.717, 1.165) is 4.52 Å². The lowest BCUT2D eigenvalue weighted by atomic mass is 10.3. The number of aromatic amines is 1. The first-order valence-corrected chi connectivity index (χ1v) is 6.53. The fourth-order valence-corrected chi connectivity index (χ4v) is 2.26. The fourth-order valence-electron chi connectivity index (χ4n) is 2.02. The summed E-state index contributed by atoms with van der Waals surface area (Å²) in [7, 11) is 0. The van der Waals surface area contributed by atoms with Crippen LogP contribution in [0.4, 0.5) is 0 Å². The molecule has 0 bridgehead atoms. The average Bonchev–Trinajstić information content (AvgIpc) is 3.02. The van der Waals surface area contributed by atoms with Gasteiger partial charge in [-0.1, -0.05) is 11.6 Å². The number of aryl methyl sites for hydroxylation is 1. The summed E-state index contributed by atoms with van der Waals surface area (Å²) < 4.78 is 2.77. The maximum atomic E-state index is 12.1. The maximum absolute atomic E-state index is 12.1. The van der Waals surface area contributed by atoms with Crippen molar-refractivity contribution in [3.63, 3.8) is 0 Å². The zero-order valence-electron chi connectivity index (χ0n) is 11.0. The normalized spacial score (nSPS) is 11.1. The van der Waals surface area contributed by atoms with Crippen LogP contribution in [0.3, 0.4) is 0 Å². The predicted molar refractivity (Wildman–Crippen MR) is 76.2 cm³/mol. The summed E-state index contributed by atoms with van der Waals surface area (Å²) in [6.45, 7) is 2.55.